The first-order chi connectivity index (χ1) is 10.1. The van der Waals surface area contributed by atoms with Crippen molar-refractivity contribution in [1.82, 2.24) is 4.90 Å². The van der Waals surface area contributed by atoms with Crippen molar-refractivity contribution >= 4 is 16.7 Å². The number of hydrogen-bond acceptors (Lipinski definition) is 2. The van der Waals surface area contributed by atoms with Crippen LogP contribution < -0.4 is 0 Å². The van der Waals surface area contributed by atoms with Crippen LogP contribution in [0.25, 0.3) is 10.8 Å². The Hall–Kier alpha value is -1.94. The smallest absolute Gasteiger partial charge is 0.254 e. The number of ether oxygens (including phenoxy) is 1. The lowest BCUT2D eigenvalue weighted by molar-refractivity contribution is 0.0581. The average molecular weight is 289 g/mol. The molecule has 0 aliphatic heterocycles. The number of methoxy groups -OCH3 is 1. The lowest BCUT2D eigenvalue weighted by Gasteiger charge is -2.28. The van der Waals surface area contributed by atoms with Crippen LogP contribution in [-0.4, -0.2) is 37.1 Å². The first-order valence-corrected chi connectivity index (χ1v) is 7.07. The number of likely N-dealkylation sites (N-methyl/N-ethyl adjacent to an activating group) is 1. The Labute approximate surface area is 124 Å². The first kappa shape index (κ1) is 15.4. The van der Waals surface area contributed by atoms with Gasteiger partial charge in [-0.1, -0.05) is 24.3 Å². The second-order valence-electron chi connectivity index (χ2n) is 5.04. The zero-order valence-electron chi connectivity index (χ0n) is 12.6. The van der Waals surface area contributed by atoms with Crippen molar-refractivity contribution in [3.63, 3.8) is 0 Å². The van der Waals surface area contributed by atoms with Crippen molar-refractivity contribution < 1.29 is 13.9 Å². The van der Waals surface area contributed by atoms with Gasteiger partial charge in [0.2, 0.25) is 0 Å². The maximum Gasteiger partial charge on any atom is 0.254 e. The Morgan fingerprint density at radius 1 is 1.24 bits per heavy atom. The zero-order valence-corrected chi connectivity index (χ0v) is 12.6. The van der Waals surface area contributed by atoms with Crippen LogP contribution in [0.4, 0.5) is 4.39 Å². The van der Waals surface area contributed by atoms with E-state index < -0.39 is 0 Å². The van der Waals surface area contributed by atoms with Crippen molar-refractivity contribution in [3.8, 4) is 0 Å². The third kappa shape index (κ3) is 3.05. The largest absolute Gasteiger partial charge is 0.383 e. The molecule has 2 rings (SSSR count). The highest BCUT2D eigenvalue weighted by molar-refractivity contribution is 6.07. The van der Waals surface area contributed by atoms with Gasteiger partial charge in [-0.2, -0.15) is 0 Å². The maximum atomic E-state index is 13.8. The van der Waals surface area contributed by atoms with Crippen molar-refractivity contribution in [2.45, 2.75) is 19.9 Å². The van der Waals surface area contributed by atoms with Crippen LogP contribution in [0.15, 0.2) is 36.4 Å². The van der Waals surface area contributed by atoms with Crippen LogP contribution in [0.3, 0.4) is 0 Å². The zero-order chi connectivity index (χ0) is 15.4. The van der Waals surface area contributed by atoms with E-state index in [1.807, 2.05) is 19.9 Å². The molecular formula is C17H20FNO2. The highest BCUT2D eigenvalue weighted by Gasteiger charge is 2.22. The molecule has 0 saturated heterocycles. The number of nitrogens with zero attached hydrogens (tertiary/aromatic N) is 1. The molecule has 2 aromatic carbocycles. The van der Waals surface area contributed by atoms with Gasteiger partial charge in [0.05, 0.1) is 12.6 Å². The van der Waals surface area contributed by atoms with Crippen LogP contribution in [0, 0.1) is 5.82 Å². The molecule has 2 aromatic rings. The van der Waals surface area contributed by atoms with Crippen LogP contribution >= 0.6 is 0 Å². The summed E-state index contributed by atoms with van der Waals surface area (Å²) in [5.74, 6) is -0.409. The third-order valence-corrected chi connectivity index (χ3v) is 3.64. The van der Waals surface area contributed by atoms with Gasteiger partial charge in [0, 0.05) is 24.6 Å². The van der Waals surface area contributed by atoms with Crippen molar-refractivity contribution in [1.29, 1.82) is 0 Å². The molecular weight excluding hydrogens is 269 g/mol. The van der Waals surface area contributed by atoms with Crippen LogP contribution in [0.2, 0.25) is 0 Å². The SMILES string of the molecule is CCN(C(=O)c1ccc(F)c2ccccc12)C(C)COC. The molecule has 4 heteroatoms. The predicted octanol–water partition coefficient (Wildman–Crippen LogP) is 3.48. The number of rotatable bonds is 5. The molecule has 0 bridgehead atoms. The van der Waals surface area contributed by atoms with E-state index in [0.717, 1.165) is 0 Å². The average Bonchev–Trinajstić information content (AvgIpc) is 2.49. The number of halogens is 1. The van der Waals surface area contributed by atoms with Gasteiger partial charge < -0.3 is 9.64 Å². The monoisotopic (exact) mass is 289 g/mol. The molecule has 1 atom stereocenters. The van der Waals surface area contributed by atoms with E-state index in [4.69, 9.17) is 4.74 Å². The molecule has 0 heterocycles. The molecule has 21 heavy (non-hydrogen) atoms. The minimum absolute atomic E-state index is 0.0312. The number of benzene rings is 2. The fourth-order valence-corrected chi connectivity index (χ4v) is 2.59. The van der Waals surface area contributed by atoms with Gasteiger partial charge in [-0.15, -0.1) is 0 Å². The second kappa shape index (κ2) is 6.68. The maximum absolute atomic E-state index is 13.8. The molecule has 1 unspecified atom stereocenters. The molecule has 0 aromatic heterocycles. The lowest BCUT2D eigenvalue weighted by atomic mass is 10.0. The number of carbonyl (C=O) groups is 1. The van der Waals surface area contributed by atoms with E-state index in [-0.39, 0.29) is 17.8 Å². The topological polar surface area (TPSA) is 29.5 Å². The molecule has 112 valence electrons. The molecule has 0 fully saturated rings. The molecule has 3 nitrogen and oxygen atoms in total. The number of carbonyl (C=O) groups excluding carboxylic acids is 1. The Bertz CT molecular complexity index is 642. The second-order valence-corrected chi connectivity index (χ2v) is 5.04. The van der Waals surface area contributed by atoms with Gasteiger partial charge in [-0.05, 0) is 31.4 Å². The molecule has 0 aliphatic rings. The summed E-state index contributed by atoms with van der Waals surface area (Å²) in [6, 6.07) is 9.93. The van der Waals surface area contributed by atoms with Crippen molar-refractivity contribution in [2.24, 2.45) is 0 Å². The number of fused-ring (bicyclic) bond motifs is 1. The van der Waals surface area contributed by atoms with Gasteiger partial charge >= 0.3 is 0 Å². The summed E-state index contributed by atoms with van der Waals surface area (Å²) in [7, 11) is 1.61. The van der Waals surface area contributed by atoms with Gasteiger partial charge in [0.1, 0.15) is 5.82 Å². The van der Waals surface area contributed by atoms with E-state index in [1.54, 1.807) is 36.3 Å². The molecule has 0 spiro atoms. The number of hydrogen-bond donors (Lipinski definition) is 0. The molecule has 0 saturated carbocycles. The van der Waals surface area contributed by atoms with Crippen LogP contribution in [0.1, 0.15) is 24.2 Å². The standard InChI is InChI=1S/C17H20FNO2/c1-4-19(12(2)11-21-3)17(20)15-9-10-16(18)14-8-6-5-7-13(14)15/h5-10,12H,4,11H2,1-3H3. The lowest BCUT2D eigenvalue weighted by Crippen LogP contribution is -2.41. The first-order valence-electron chi connectivity index (χ1n) is 7.07. The van der Waals surface area contributed by atoms with E-state index >= 15 is 0 Å². The summed E-state index contributed by atoms with van der Waals surface area (Å²) in [6.07, 6.45) is 0. The minimum Gasteiger partial charge on any atom is -0.383 e. The summed E-state index contributed by atoms with van der Waals surface area (Å²) >= 11 is 0. The van der Waals surface area contributed by atoms with Gasteiger partial charge in [-0.25, -0.2) is 4.39 Å². The Morgan fingerprint density at radius 3 is 2.52 bits per heavy atom. The van der Waals surface area contributed by atoms with Crippen molar-refractivity contribution in [3.05, 3.63) is 47.8 Å². The van der Waals surface area contributed by atoms with Crippen LogP contribution in [0.5, 0.6) is 0 Å². The molecule has 1 amide bonds. The normalized spacial score (nSPS) is 12.4. The van der Waals surface area contributed by atoms with E-state index in [9.17, 15) is 9.18 Å². The van der Waals surface area contributed by atoms with E-state index in [2.05, 4.69) is 0 Å². The summed E-state index contributed by atoms with van der Waals surface area (Å²) in [5.41, 5.74) is 0.525. The molecule has 0 N–H and O–H groups in total. The summed E-state index contributed by atoms with van der Waals surface area (Å²) in [4.78, 5) is 14.5. The highest BCUT2D eigenvalue weighted by atomic mass is 19.1. The Morgan fingerprint density at radius 2 is 1.90 bits per heavy atom. The summed E-state index contributed by atoms with van der Waals surface area (Å²) in [6.45, 7) is 4.92. The van der Waals surface area contributed by atoms with E-state index in [0.29, 0.717) is 29.5 Å². The van der Waals surface area contributed by atoms with E-state index in [1.165, 1.54) is 6.07 Å². The van der Waals surface area contributed by atoms with Gasteiger partial charge in [0.15, 0.2) is 0 Å². The summed E-state index contributed by atoms with van der Waals surface area (Å²) < 4.78 is 19.0. The fraction of sp³-hybridized carbons (Fsp3) is 0.353. The third-order valence-electron chi connectivity index (χ3n) is 3.64. The Balaban J connectivity index is 2.46. The summed E-state index contributed by atoms with van der Waals surface area (Å²) in [5, 5.41) is 1.12. The van der Waals surface area contributed by atoms with Gasteiger partial charge in [-0.3, -0.25) is 4.79 Å². The predicted molar refractivity (Wildman–Crippen MR) is 82.0 cm³/mol. The van der Waals surface area contributed by atoms with Crippen LogP contribution in [-0.2, 0) is 4.74 Å². The Kier molecular flexibility index (Phi) is 4.91. The minimum atomic E-state index is -0.310. The molecule has 0 radical (unpaired) electrons. The van der Waals surface area contributed by atoms with Crippen molar-refractivity contribution in [2.75, 3.05) is 20.3 Å². The highest BCUT2D eigenvalue weighted by Crippen LogP contribution is 2.23. The molecule has 0 aliphatic carbocycles. The fourth-order valence-electron chi connectivity index (χ4n) is 2.59. The van der Waals surface area contributed by atoms with Gasteiger partial charge in [0.25, 0.3) is 5.91 Å². The number of amides is 1. The quantitative estimate of drug-likeness (QED) is 0.843.